The number of nitrogens with one attached hydrogen (secondary N) is 3. The lowest BCUT2D eigenvalue weighted by Crippen LogP contribution is -2.32. The Morgan fingerprint density at radius 3 is 2.70 bits per heavy atom. The summed E-state index contributed by atoms with van der Waals surface area (Å²) in [6, 6.07) is 12.9. The second-order valence-corrected chi connectivity index (χ2v) is 6.52. The Kier molecular flexibility index (Phi) is 5.13. The lowest BCUT2D eigenvalue weighted by Gasteiger charge is -2.20. The van der Waals surface area contributed by atoms with Crippen LogP contribution in [0.3, 0.4) is 0 Å². The van der Waals surface area contributed by atoms with Crippen LogP contribution in [-0.2, 0) is 6.18 Å². The van der Waals surface area contributed by atoms with E-state index in [2.05, 4.69) is 30.3 Å². The Hall–Kier alpha value is -3.82. The number of aromatic nitrogens is 3. The zero-order chi connectivity index (χ0) is 21.1. The van der Waals surface area contributed by atoms with Crippen LogP contribution in [0.5, 0.6) is 0 Å². The topological polar surface area (TPSA) is 95.8 Å². The van der Waals surface area contributed by atoms with E-state index in [1.54, 1.807) is 6.07 Å². The molecule has 2 aromatic carbocycles. The van der Waals surface area contributed by atoms with Gasteiger partial charge in [0.1, 0.15) is 6.26 Å². The number of halogens is 3. The van der Waals surface area contributed by atoms with Crippen molar-refractivity contribution in [1.29, 1.82) is 0 Å². The second-order valence-electron chi connectivity index (χ2n) is 6.52. The summed E-state index contributed by atoms with van der Waals surface area (Å²) in [4.78, 5) is 19.7. The summed E-state index contributed by atoms with van der Waals surface area (Å²) < 4.78 is 44.2. The van der Waals surface area contributed by atoms with Crippen LogP contribution >= 0.6 is 0 Å². The molecule has 0 aliphatic carbocycles. The number of H-pyrrole nitrogens is 1. The molecule has 1 amide bonds. The van der Waals surface area contributed by atoms with Gasteiger partial charge in [-0.15, -0.1) is 0 Å². The minimum atomic E-state index is -4.48. The van der Waals surface area contributed by atoms with E-state index in [9.17, 15) is 18.0 Å². The fourth-order valence-electron chi connectivity index (χ4n) is 2.99. The zero-order valence-electron chi connectivity index (χ0n) is 15.4. The Bertz CT molecular complexity index is 1120. The van der Waals surface area contributed by atoms with Crippen molar-refractivity contribution in [3.05, 3.63) is 77.7 Å². The predicted molar refractivity (Wildman–Crippen MR) is 103 cm³/mol. The maximum absolute atomic E-state index is 13.2. The first-order chi connectivity index (χ1) is 14.4. The van der Waals surface area contributed by atoms with Gasteiger partial charge in [0.05, 0.1) is 22.6 Å². The van der Waals surface area contributed by atoms with Gasteiger partial charge >= 0.3 is 6.18 Å². The van der Waals surface area contributed by atoms with Gasteiger partial charge in [0, 0.05) is 12.6 Å². The Morgan fingerprint density at radius 1 is 1.13 bits per heavy atom. The first-order valence-electron chi connectivity index (χ1n) is 8.97. The van der Waals surface area contributed by atoms with E-state index in [1.165, 1.54) is 18.4 Å². The summed E-state index contributed by atoms with van der Waals surface area (Å²) in [5.41, 5.74) is 1.11. The quantitative estimate of drug-likeness (QED) is 0.440. The number of rotatable bonds is 6. The van der Waals surface area contributed by atoms with E-state index in [-0.39, 0.29) is 12.2 Å². The van der Waals surface area contributed by atoms with E-state index in [4.69, 9.17) is 0 Å². The number of amides is 1. The molecule has 2 heterocycles. The molecule has 0 aliphatic heterocycles. The van der Waals surface area contributed by atoms with Gasteiger partial charge in [-0.1, -0.05) is 29.4 Å². The average molecular weight is 415 g/mol. The molecule has 10 heteroatoms. The van der Waals surface area contributed by atoms with Crippen molar-refractivity contribution in [3.8, 4) is 0 Å². The van der Waals surface area contributed by atoms with Gasteiger partial charge in [-0.2, -0.15) is 13.2 Å². The molecule has 4 rings (SSSR count). The maximum Gasteiger partial charge on any atom is 0.416 e. The highest BCUT2D eigenvalue weighted by Crippen LogP contribution is 2.31. The first-order valence-corrected chi connectivity index (χ1v) is 8.97. The molecule has 1 atom stereocenters. The Labute approximate surface area is 168 Å². The zero-order valence-corrected chi connectivity index (χ0v) is 15.4. The van der Waals surface area contributed by atoms with E-state index in [0.29, 0.717) is 17.0 Å². The number of imidazole rings is 1. The van der Waals surface area contributed by atoms with Crippen molar-refractivity contribution >= 4 is 22.9 Å². The molecule has 7 nitrogen and oxygen atoms in total. The normalized spacial score (nSPS) is 12.6. The molecular weight excluding hydrogens is 399 g/mol. The smallest absolute Gasteiger partial charge is 0.364 e. The lowest BCUT2D eigenvalue weighted by atomic mass is 10.0. The molecule has 0 spiro atoms. The third kappa shape index (κ3) is 4.27. The fraction of sp³-hybridized carbons (Fsp3) is 0.150. The summed E-state index contributed by atoms with van der Waals surface area (Å²) in [6.07, 6.45) is -3.23. The molecule has 0 fully saturated rings. The number of hydrogen-bond acceptors (Lipinski definition) is 5. The molecule has 0 saturated carbocycles. The second kappa shape index (κ2) is 7.90. The number of carbonyl (C=O) groups is 1. The number of anilines is 1. The number of benzene rings is 2. The molecule has 4 aromatic rings. The fourth-order valence-corrected chi connectivity index (χ4v) is 2.99. The number of nitrogens with zero attached hydrogens (tertiary/aromatic N) is 2. The summed E-state index contributed by atoms with van der Waals surface area (Å²) in [5.74, 6) is -0.138. The van der Waals surface area contributed by atoms with Gasteiger partial charge in [0.2, 0.25) is 5.95 Å². The highest BCUT2D eigenvalue weighted by Gasteiger charge is 2.31. The van der Waals surface area contributed by atoms with E-state index < -0.39 is 23.7 Å². The number of para-hydroxylation sites is 2. The van der Waals surface area contributed by atoms with Crippen LogP contribution in [0.1, 0.15) is 27.7 Å². The van der Waals surface area contributed by atoms with Crippen LogP contribution < -0.4 is 10.6 Å². The van der Waals surface area contributed by atoms with Crippen molar-refractivity contribution in [2.45, 2.75) is 12.2 Å². The van der Waals surface area contributed by atoms with Gasteiger partial charge in [-0.05, 0) is 29.8 Å². The summed E-state index contributed by atoms with van der Waals surface area (Å²) in [6.45, 7) is -0.00987. The number of fused-ring (bicyclic) bond motifs is 1. The first kappa shape index (κ1) is 19.5. The van der Waals surface area contributed by atoms with Crippen LogP contribution in [0.15, 0.2) is 65.4 Å². The molecule has 2 aromatic heterocycles. The molecule has 154 valence electrons. The summed E-state index contributed by atoms with van der Waals surface area (Å²) in [7, 11) is 0. The van der Waals surface area contributed by atoms with Gasteiger partial charge in [0.25, 0.3) is 5.91 Å². The molecule has 30 heavy (non-hydrogen) atoms. The van der Waals surface area contributed by atoms with Crippen LogP contribution in [-0.4, -0.2) is 27.6 Å². The highest BCUT2D eigenvalue weighted by molar-refractivity contribution is 5.92. The van der Waals surface area contributed by atoms with Crippen molar-refractivity contribution in [1.82, 2.24) is 20.4 Å². The number of alkyl halides is 3. The standard InChI is InChI=1S/C20H16F3N5O2/c21-20(22,23)13-5-3-4-12(10-13)17(11-24-18(29)16-8-9-30-28-16)27-19-25-14-6-1-2-7-15(14)26-19/h1-10,17H,11H2,(H,24,29)(H2,25,26,27). The molecule has 3 N–H and O–H groups in total. The van der Waals surface area contributed by atoms with Crippen LogP contribution in [0.2, 0.25) is 0 Å². The third-order valence-electron chi connectivity index (χ3n) is 4.45. The van der Waals surface area contributed by atoms with Crippen LogP contribution in [0.4, 0.5) is 19.1 Å². The number of aromatic amines is 1. The van der Waals surface area contributed by atoms with Crippen LogP contribution in [0.25, 0.3) is 11.0 Å². The monoisotopic (exact) mass is 415 g/mol. The number of carbonyl (C=O) groups excluding carboxylic acids is 1. The van der Waals surface area contributed by atoms with E-state index in [1.807, 2.05) is 24.3 Å². The summed E-state index contributed by atoms with van der Waals surface area (Å²) >= 11 is 0. The number of hydrogen-bond donors (Lipinski definition) is 3. The highest BCUT2D eigenvalue weighted by atomic mass is 19.4. The largest absolute Gasteiger partial charge is 0.416 e. The van der Waals surface area contributed by atoms with Crippen molar-refractivity contribution in [2.75, 3.05) is 11.9 Å². The average Bonchev–Trinajstić information content (AvgIpc) is 3.39. The molecule has 1 unspecified atom stereocenters. The van der Waals surface area contributed by atoms with Crippen molar-refractivity contribution < 1.29 is 22.5 Å². The lowest BCUT2D eigenvalue weighted by molar-refractivity contribution is -0.137. The van der Waals surface area contributed by atoms with Gasteiger partial charge in [-0.3, -0.25) is 4.79 Å². The van der Waals surface area contributed by atoms with Crippen molar-refractivity contribution in [2.24, 2.45) is 0 Å². The van der Waals surface area contributed by atoms with Crippen LogP contribution in [0, 0.1) is 0 Å². The molecule has 0 saturated heterocycles. The SMILES string of the molecule is O=C(NCC(Nc1nc2ccccc2[nH]1)c1cccc(C(F)(F)F)c1)c1ccon1. The molecule has 0 bridgehead atoms. The minimum absolute atomic E-state index is 0.00987. The van der Waals surface area contributed by atoms with Crippen molar-refractivity contribution in [3.63, 3.8) is 0 Å². The predicted octanol–water partition coefficient (Wildman–Crippen LogP) is 4.15. The third-order valence-corrected chi connectivity index (χ3v) is 4.45. The maximum atomic E-state index is 13.2. The molecular formula is C20H16F3N5O2. The van der Waals surface area contributed by atoms with E-state index in [0.717, 1.165) is 17.6 Å². The van der Waals surface area contributed by atoms with Gasteiger partial charge in [0.15, 0.2) is 5.69 Å². The Morgan fingerprint density at radius 2 is 1.97 bits per heavy atom. The molecule has 0 radical (unpaired) electrons. The van der Waals surface area contributed by atoms with Gasteiger partial charge in [-0.25, -0.2) is 4.98 Å². The Balaban J connectivity index is 1.61. The minimum Gasteiger partial charge on any atom is -0.364 e. The molecule has 0 aliphatic rings. The van der Waals surface area contributed by atoms with Gasteiger partial charge < -0.3 is 20.1 Å². The van der Waals surface area contributed by atoms with E-state index >= 15 is 0 Å². The summed E-state index contributed by atoms with van der Waals surface area (Å²) in [5, 5.41) is 9.27.